The van der Waals surface area contributed by atoms with Crippen LogP contribution in [0.15, 0.2) is 23.4 Å². The van der Waals surface area contributed by atoms with Gasteiger partial charge in [0.15, 0.2) is 5.16 Å². The summed E-state index contributed by atoms with van der Waals surface area (Å²) in [6, 6.07) is 5.87. The molecule has 0 saturated heterocycles. The fraction of sp³-hybridized carbons (Fsp3) is 0.333. The summed E-state index contributed by atoms with van der Waals surface area (Å²) in [5.74, 6) is 0. The van der Waals surface area contributed by atoms with Gasteiger partial charge in [0.2, 0.25) is 0 Å². The Morgan fingerprint density at radius 3 is 2.50 bits per heavy atom. The van der Waals surface area contributed by atoms with Gasteiger partial charge in [-0.2, -0.15) is 0 Å². The van der Waals surface area contributed by atoms with Crippen molar-refractivity contribution in [3.8, 4) is 0 Å². The third-order valence-corrected chi connectivity index (χ3v) is 4.95. The van der Waals surface area contributed by atoms with E-state index in [9.17, 15) is 0 Å². The van der Waals surface area contributed by atoms with Gasteiger partial charge in [-0.05, 0) is 32.0 Å². The van der Waals surface area contributed by atoms with Crippen LogP contribution in [-0.2, 0) is 0 Å². The number of aryl methyl sites for hydroxylation is 2. The van der Waals surface area contributed by atoms with Gasteiger partial charge < -0.3 is 5.73 Å². The highest BCUT2D eigenvalue weighted by molar-refractivity contribution is 7.99. The Balaban J connectivity index is 2.20. The van der Waals surface area contributed by atoms with Crippen molar-refractivity contribution in [1.29, 1.82) is 0 Å². The summed E-state index contributed by atoms with van der Waals surface area (Å²) in [4.78, 5) is 10.0. The Morgan fingerprint density at radius 2 is 2.00 bits per heavy atom. The summed E-state index contributed by atoms with van der Waals surface area (Å²) in [5, 5.41) is 0.927. The Bertz CT molecular complexity index is 522. The van der Waals surface area contributed by atoms with Crippen molar-refractivity contribution < 1.29 is 0 Å². The van der Waals surface area contributed by atoms with Crippen LogP contribution in [0.2, 0.25) is 4.34 Å². The molecule has 96 valence electrons. The zero-order valence-electron chi connectivity index (χ0n) is 10.2. The van der Waals surface area contributed by atoms with E-state index in [1.54, 1.807) is 23.1 Å². The van der Waals surface area contributed by atoms with E-state index >= 15 is 0 Å². The van der Waals surface area contributed by atoms with E-state index in [0.717, 1.165) is 25.8 Å². The third-order valence-electron chi connectivity index (χ3n) is 2.33. The first kappa shape index (κ1) is 13.8. The highest BCUT2D eigenvalue weighted by Crippen LogP contribution is 2.37. The third kappa shape index (κ3) is 3.45. The zero-order chi connectivity index (χ0) is 13.1. The molecule has 0 fully saturated rings. The fourth-order valence-corrected chi connectivity index (χ4v) is 3.88. The van der Waals surface area contributed by atoms with E-state index in [4.69, 9.17) is 17.3 Å². The topological polar surface area (TPSA) is 51.8 Å². The molecule has 2 aromatic heterocycles. The number of halogens is 1. The molecule has 1 atom stereocenters. The number of aromatic nitrogens is 2. The highest BCUT2D eigenvalue weighted by Gasteiger charge is 2.15. The van der Waals surface area contributed by atoms with Crippen LogP contribution in [0, 0.1) is 13.8 Å². The Hall–Kier alpha value is -0.620. The Labute approximate surface area is 120 Å². The average molecular weight is 300 g/mol. The summed E-state index contributed by atoms with van der Waals surface area (Å²) < 4.78 is 0.783. The van der Waals surface area contributed by atoms with Crippen molar-refractivity contribution in [2.45, 2.75) is 24.3 Å². The molecule has 0 aliphatic rings. The van der Waals surface area contributed by atoms with Crippen molar-refractivity contribution in [3.63, 3.8) is 0 Å². The molecular weight excluding hydrogens is 286 g/mol. The number of hydrogen-bond acceptors (Lipinski definition) is 5. The number of nitrogens with zero attached hydrogens (tertiary/aromatic N) is 2. The summed E-state index contributed by atoms with van der Waals surface area (Å²) in [7, 11) is 0. The van der Waals surface area contributed by atoms with Gasteiger partial charge in [-0.3, -0.25) is 0 Å². The minimum Gasteiger partial charge on any atom is -0.329 e. The van der Waals surface area contributed by atoms with E-state index < -0.39 is 0 Å². The molecule has 0 aliphatic carbocycles. The van der Waals surface area contributed by atoms with E-state index in [0.29, 0.717) is 6.54 Å². The molecule has 0 aromatic carbocycles. The second kappa shape index (κ2) is 6.02. The maximum Gasteiger partial charge on any atom is 0.188 e. The molecule has 2 N–H and O–H groups in total. The van der Waals surface area contributed by atoms with Gasteiger partial charge in [0.1, 0.15) is 0 Å². The number of thioether (sulfide) groups is 1. The van der Waals surface area contributed by atoms with Crippen molar-refractivity contribution in [1.82, 2.24) is 9.97 Å². The second-order valence-electron chi connectivity index (χ2n) is 3.92. The molecule has 0 spiro atoms. The van der Waals surface area contributed by atoms with E-state index in [1.165, 1.54) is 0 Å². The summed E-state index contributed by atoms with van der Waals surface area (Å²) >= 11 is 9.10. The number of hydrogen-bond donors (Lipinski definition) is 1. The van der Waals surface area contributed by atoms with Crippen LogP contribution < -0.4 is 5.73 Å². The lowest BCUT2D eigenvalue weighted by Crippen LogP contribution is -2.09. The van der Waals surface area contributed by atoms with Crippen LogP contribution in [0.4, 0.5) is 0 Å². The summed E-state index contributed by atoms with van der Waals surface area (Å²) in [6.07, 6.45) is 0. The Morgan fingerprint density at radius 1 is 1.33 bits per heavy atom. The van der Waals surface area contributed by atoms with Crippen molar-refractivity contribution >= 4 is 34.7 Å². The monoisotopic (exact) mass is 299 g/mol. The SMILES string of the molecule is Cc1cc(C)nc(SC(CN)c2ccc(Cl)s2)n1. The first-order valence-electron chi connectivity index (χ1n) is 5.52. The van der Waals surface area contributed by atoms with Gasteiger partial charge in [-0.1, -0.05) is 23.4 Å². The normalized spacial score (nSPS) is 12.7. The smallest absolute Gasteiger partial charge is 0.188 e. The molecule has 0 radical (unpaired) electrons. The molecule has 0 amide bonds. The summed E-state index contributed by atoms with van der Waals surface area (Å²) in [5.41, 5.74) is 7.78. The maximum absolute atomic E-state index is 5.95. The molecule has 0 aliphatic heterocycles. The second-order valence-corrected chi connectivity index (χ2v) is 6.83. The molecule has 2 heterocycles. The lowest BCUT2D eigenvalue weighted by atomic mass is 10.3. The molecule has 3 nitrogen and oxygen atoms in total. The molecule has 2 rings (SSSR count). The molecule has 18 heavy (non-hydrogen) atoms. The van der Waals surface area contributed by atoms with Crippen molar-refractivity contribution in [3.05, 3.63) is 38.8 Å². The number of nitrogens with two attached hydrogens (primary N) is 1. The van der Waals surface area contributed by atoms with Crippen LogP contribution in [0.3, 0.4) is 0 Å². The van der Waals surface area contributed by atoms with Gasteiger partial charge >= 0.3 is 0 Å². The van der Waals surface area contributed by atoms with Gasteiger partial charge in [0.25, 0.3) is 0 Å². The molecule has 1 unspecified atom stereocenters. The quantitative estimate of drug-likeness (QED) is 0.692. The van der Waals surface area contributed by atoms with Crippen LogP contribution in [-0.4, -0.2) is 16.5 Å². The van der Waals surface area contributed by atoms with Gasteiger partial charge in [0, 0.05) is 22.8 Å². The zero-order valence-corrected chi connectivity index (χ0v) is 12.6. The largest absolute Gasteiger partial charge is 0.329 e. The first-order chi connectivity index (χ1) is 8.58. The minimum atomic E-state index is 0.156. The van der Waals surface area contributed by atoms with E-state index in [2.05, 4.69) is 9.97 Å². The predicted molar refractivity (Wildman–Crippen MR) is 78.5 cm³/mol. The standard InChI is InChI=1S/C12H14ClN3S2/c1-7-5-8(2)16-12(15-7)18-10(6-14)9-3-4-11(13)17-9/h3-5,10H,6,14H2,1-2H3. The lowest BCUT2D eigenvalue weighted by molar-refractivity contribution is 0.882. The van der Waals surface area contributed by atoms with Crippen LogP contribution >= 0.6 is 34.7 Å². The van der Waals surface area contributed by atoms with Crippen LogP contribution in [0.1, 0.15) is 21.5 Å². The van der Waals surface area contributed by atoms with Crippen molar-refractivity contribution in [2.75, 3.05) is 6.54 Å². The minimum absolute atomic E-state index is 0.156. The molecule has 0 bridgehead atoms. The van der Waals surface area contributed by atoms with E-state index in [-0.39, 0.29) is 5.25 Å². The van der Waals surface area contributed by atoms with Crippen LogP contribution in [0.5, 0.6) is 0 Å². The maximum atomic E-state index is 5.95. The number of rotatable bonds is 4. The van der Waals surface area contributed by atoms with Crippen molar-refractivity contribution in [2.24, 2.45) is 5.73 Å². The molecule has 6 heteroatoms. The lowest BCUT2D eigenvalue weighted by Gasteiger charge is -2.11. The molecular formula is C12H14ClN3S2. The number of thiophene rings is 1. The molecule has 0 saturated carbocycles. The summed E-state index contributed by atoms with van der Waals surface area (Å²) in [6.45, 7) is 4.48. The van der Waals surface area contributed by atoms with Crippen LogP contribution in [0.25, 0.3) is 0 Å². The Kier molecular flexibility index (Phi) is 4.61. The molecule has 2 aromatic rings. The van der Waals surface area contributed by atoms with Gasteiger partial charge in [-0.25, -0.2) is 9.97 Å². The van der Waals surface area contributed by atoms with Gasteiger partial charge in [-0.15, -0.1) is 11.3 Å². The predicted octanol–water partition coefficient (Wildman–Crippen LogP) is 3.60. The average Bonchev–Trinajstić information content (AvgIpc) is 2.71. The van der Waals surface area contributed by atoms with E-state index in [1.807, 2.05) is 32.0 Å². The van der Waals surface area contributed by atoms with Gasteiger partial charge in [0.05, 0.1) is 9.59 Å². The highest BCUT2D eigenvalue weighted by atomic mass is 35.5. The fourth-order valence-electron chi connectivity index (χ4n) is 1.60. The first-order valence-corrected chi connectivity index (χ1v) is 7.60.